The highest BCUT2D eigenvalue weighted by Gasteiger charge is 2.12. The van der Waals surface area contributed by atoms with Gasteiger partial charge >= 0.3 is 0 Å². The van der Waals surface area contributed by atoms with Gasteiger partial charge in [0.25, 0.3) is 0 Å². The Kier molecular flexibility index (Phi) is 6.70. The number of aliphatic hydroxyl groups is 1. The Morgan fingerprint density at radius 1 is 1.24 bits per heavy atom. The van der Waals surface area contributed by atoms with Gasteiger partial charge in [0.2, 0.25) is 0 Å². The predicted molar refractivity (Wildman–Crippen MR) is 111 cm³/mol. The van der Waals surface area contributed by atoms with Crippen LogP contribution >= 0.6 is 23.1 Å². The maximum Gasteiger partial charge on any atom is 0.151 e. The van der Waals surface area contributed by atoms with E-state index in [0.717, 1.165) is 24.1 Å². The highest BCUT2D eigenvalue weighted by atomic mass is 32.2. The van der Waals surface area contributed by atoms with Gasteiger partial charge in [0.1, 0.15) is 0 Å². The first kappa shape index (κ1) is 18.6. The number of nitrogens with two attached hydrogens (primary N) is 1. The molecular formula is C20H26N2OS2. The Morgan fingerprint density at radius 2 is 2.12 bits per heavy atom. The molecule has 2 aromatic carbocycles. The molecule has 0 saturated carbocycles. The fourth-order valence-electron chi connectivity index (χ4n) is 3.09. The second-order valence-corrected chi connectivity index (χ2v) is 8.72. The fraction of sp³-hybridized carbons (Fsp3) is 0.450. The number of hydrogen-bond acceptors (Lipinski definition) is 5. The molecule has 3 rings (SSSR count). The number of fused-ring (bicyclic) bond motifs is 3. The summed E-state index contributed by atoms with van der Waals surface area (Å²) in [6.07, 6.45) is 4.19. The van der Waals surface area contributed by atoms with Crippen LogP contribution in [0.15, 0.2) is 34.7 Å². The minimum absolute atomic E-state index is 0.226. The molecule has 0 unspecified atom stereocenters. The van der Waals surface area contributed by atoms with Crippen molar-refractivity contribution in [3.63, 3.8) is 0 Å². The number of thiazole rings is 1. The van der Waals surface area contributed by atoms with E-state index in [1.807, 2.05) is 11.8 Å². The molecule has 1 aromatic heterocycles. The zero-order valence-corrected chi connectivity index (χ0v) is 16.3. The van der Waals surface area contributed by atoms with Crippen LogP contribution in [0.2, 0.25) is 0 Å². The van der Waals surface area contributed by atoms with Gasteiger partial charge in [-0.3, -0.25) is 0 Å². The van der Waals surface area contributed by atoms with Gasteiger partial charge in [-0.25, -0.2) is 4.98 Å². The van der Waals surface area contributed by atoms with Crippen molar-refractivity contribution in [2.75, 3.05) is 18.9 Å². The van der Waals surface area contributed by atoms with Crippen LogP contribution in [0.1, 0.15) is 44.1 Å². The third-order valence-electron chi connectivity index (χ3n) is 4.56. The first-order valence-corrected chi connectivity index (χ1v) is 10.8. The predicted octanol–water partition coefficient (Wildman–Crippen LogP) is 5.16. The monoisotopic (exact) mass is 374 g/mol. The van der Waals surface area contributed by atoms with Crippen molar-refractivity contribution in [2.24, 2.45) is 5.73 Å². The van der Waals surface area contributed by atoms with E-state index in [-0.39, 0.29) is 6.61 Å². The molecule has 0 aliphatic rings. The number of benzene rings is 2. The Balaban J connectivity index is 1.91. The molecule has 25 heavy (non-hydrogen) atoms. The summed E-state index contributed by atoms with van der Waals surface area (Å²) in [4.78, 5) is 4.78. The van der Waals surface area contributed by atoms with Crippen molar-refractivity contribution >= 4 is 44.1 Å². The zero-order chi connectivity index (χ0) is 17.6. The Labute approximate surface area is 157 Å². The van der Waals surface area contributed by atoms with Gasteiger partial charge in [-0.15, -0.1) is 11.3 Å². The molecule has 0 radical (unpaired) electrons. The van der Waals surface area contributed by atoms with Crippen molar-refractivity contribution in [3.05, 3.63) is 35.9 Å². The average molecular weight is 375 g/mol. The quantitative estimate of drug-likeness (QED) is 0.401. The van der Waals surface area contributed by atoms with Gasteiger partial charge in [-0.05, 0) is 48.7 Å². The summed E-state index contributed by atoms with van der Waals surface area (Å²) in [5.41, 5.74) is 8.31. The minimum atomic E-state index is 0.226. The molecular weight excluding hydrogens is 348 g/mol. The standard InChI is InChI=1S/C20H26N2OS2/c1-2-3-11-24-20-22-18-9-7-15-12-14(16(13-21)5-4-10-23)6-8-17(15)19(18)25-20/h6-9,12,16,23H,2-5,10-11,13,21H2,1H3/t16-/m0/s1. The topological polar surface area (TPSA) is 59.1 Å². The number of nitrogens with zero attached hydrogens (tertiary/aromatic N) is 1. The lowest BCUT2D eigenvalue weighted by Gasteiger charge is -2.15. The second kappa shape index (κ2) is 8.99. The van der Waals surface area contributed by atoms with Crippen molar-refractivity contribution in [3.8, 4) is 0 Å². The molecule has 5 heteroatoms. The summed E-state index contributed by atoms with van der Waals surface area (Å²) >= 11 is 3.67. The maximum absolute atomic E-state index is 9.08. The van der Waals surface area contributed by atoms with Gasteiger partial charge in [0.05, 0.1) is 10.2 Å². The molecule has 1 heterocycles. The number of rotatable bonds is 9. The van der Waals surface area contributed by atoms with Crippen LogP contribution in [0, 0.1) is 0 Å². The van der Waals surface area contributed by atoms with Crippen molar-refractivity contribution in [1.29, 1.82) is 0 Å². The van der Waals surface area contributed by atoms with Gasteiger partial charge in [-0.2, -0.15) is 0 Å². The van der Waals surface area contributed by atoms with E-state index in [1.54, 1.807) is 11.3 Å². The number of aromatic nitrogens is 1. The van der Waals surface area contributed by atoms with Crippen LogP contribution in [0.4, 0.5) is 0 Å². The smallest absolute Gasteiger partial charge is 0.151 e. The molecule has 0 spiro atoms. The van der Waals surface area contributed by atoms with Gasteiger partial charge in [0, 0.05) is 17.7 Å². The molecule has 3 N–H and O–H groups in total. The molecule has 0 bridgehead atoms. The lowest BCUT2D eigenvalue weighted by atomic mass is 9.92. The Morgan fingerprint density at radius 3 is 2.88 bits per heavy atom. The van der Waals surface area contributed by atoms with E-state index >= 15 is 0 Å². The van der Waals surface area contributed by atoms with Gasteiger partial charge in [-0.1, -0.05) is 49.4 Å². The first-order chi connectivity index (χ1) is 12.3. The van der Waals surface area contributed by atoms with E-state index in [0.29, 0.717) is 12.5 Å². The molecule has 0 saturated heterocycles. The Bertz CT molecular complexity index is 831. The summed E-state index contributed by atoms with van der Waals surface area (Å²) in [5.74, 6) is 1.45. The molecule has 0 fully saturated rings. The molecule has 3 nitrogen and oxygen atoms in total. The van der Waals surface area contributed by atoms with Crippen LogP contribution in [0.25, 0.3) is 21.0 Å². The van der Waals surface area contributed by atoms with Crippen LogP contribution in [0.3, 0.4) is 0 Å². The molecule has 134 valence electrons. The summed E-state index contributed by atoms with van der Waals surface area (Å²) in [7, 11) is 0. The number of aliphatic hydroxyl groups excluding tert-OH is 1. The van der Waals surface area contributed by atoms with E-state index < -0.39 is 0 Å². The average Bonchev–Trinajstić information content (AvgIpc) is 3.05. The zero-order valence-electron chi connectivity index (χ0n) is 14.7. The molecule has 1 atom stereocenters. The first-order valence-electron chi connectivity index (χ1n) is 9.03. The lowest BCUT2D eigenvalue weighted by Crippen LogP contribution is -2.13. The normalized spacial score (nSPS) is 12.9. The molecule has 0 aliphatic carbocycles. The summed E-state index contributed by atoms with van der Waals surface area (Å²) in [5, 5.41) is 11.6. The van der Waals surface area contributed by atoms with Gasteiger partial charge in [0.15, 0.2) is 4.34 Å². The number of thioether (sulfide) groups is 1. The lowest BCUT2D eigenvalue weighted by molar-refractivity contribution is 0.280. The summed E-state index contributed by atoms with van der Waals surface area (Å²) in [6.45, 7) is 3.07. The summed E-state index contributed by atoms with van der Waals surface area (Å²) < 4.78 is 2.45. The van der Waals surface area contributed by atoms with Crippen molar-refractivity contribution < 1.29 is 5.11 Å². The second-order valence-electron chi connectivity index (χ2n) is 6.37. The van der Waals surface area contributed by atoms with Crippen LogP contribution in [-0.4, -0.2) is 29.0 Å². The highest BCUT2D eigenvalue weighted by molar-refractivity contribution is 8.01. The molecule has 3 aromatic rings. The third kappa shape index (κ3) is 4.34. The SMILES string of the molecule is CCCCSc1nc2ccc3cc([C@H](CN)CCCO)ccc3c2s1. The van der Waals surface area contributed by atoms with E-state index in [9.17, 15) is 0 Å². The molecule has 0 aliphatic heterocycles. The van der Waals surface area contributed by atoms with Gasteiger partial charge < -0.3 is 10.8 Å². The van der Waals surface area contributed by atoms with Crippen molar-refractivity contribution in [1.82, 2.24) is 4.98 Å². The maximum atomic E-state index is 9.08. The van der Waals surface area contributed by atoms with Crippen LogP contribution in [0.5, 0.6) is 0 Å². The number of hydrogen-bond donors (Lipinski definition) is 2. The van der Waals surface area contributed by atoms with Crippen molar-refractivity contribution in [2.45, 2.75) is 42.9 Å². The largest absolute Gasteiger partial charge is 0.396 e. The highest BCUT2D eigenvalue weighted by Crippen LogP contribution is 2.36. The number of unbranched alkanes of at least 4 members (excludes halogenated alkanes) is 1. The minimum Gasteiger partial charge on any atom is -0.396 e. The third-order valence-corrected chi connectivity index (χ3v) is 6.90. The fourth-order valence-corrected chi connectivity index (χ4v) is 5.43. The summed E-state index contributed by atoms with van der Waals surface area (Å²) in [6, 6.07) is 11.0. The van der Waals surface area contributed by atoms with E-state index in [4.69, 9.17) is 15.8 Å². The molecule has 0 amide bonds. The van der Waals surface area contributed by atoms with Crippen LogP contribution < -0.4 is 5.73 Å². The van der Waals surface area contributed by atoms with Crippen LogP contribution in [-0.2, 0) is 0 Å². The van der Waals surface area contributed by atoms with E-state index in [1.165, 1.54) is 38.2 Å². The Hall–Kier alpha value is -1.14. The van der Waals surface area contributed by atoms with E-state index in [2.05, 4.69) is 37.3 Å².